The van der Waals surface area contributed by atoms with Gasteiger partial charge in [-0.15, -0.1) is 0 Å². The van der Waals surface area contributed by atoms with E-state index in [9.17, 15) is 9.90 Å². The molecule has 2 heterocycles. The van der Waals surface area contributed by atoms with Gasteiger partial charge >= 0.3 is 5.97 Å². The summed E-state index contributed by atoms with van der Waals surface area (Å²) >= 11 is 0. The summed E-state index contributed by atoms with van der Waals surface area (Å²) in [4.78, 5) is 18.3. The molecule has 72 valence electrons. The predicted molar refractivity (Wildman–Crippen MR) is 48.5 cm³/mol. The largest absolute Gasteiger partial charge is 0.481 e. The molecule has 0 aliphatic carbocycles. The molecule has 1 aliphatic heterocycles. The topological polar surface area (TPSA) is 82.8 Å². The molecule has 0 aromatic carbocycles. The van der Waals surface area contributed by atoms with Crippen molar-refractivity contribution in [2.75, 3.05) is 0 Å². The number of carboxylic acids is 1. The zero-order chi connectivity index (χ0) is 10.2. The third-order valence-electron chi connectivity index (χ3n) is 2.07. The van der Waals surface area contributed by atoms with Crippen LogP contribution in [0.2, 0.25) is 0 Å². The van der Waals surface area contributed by atoms with Crippen molar-refractivity contribution in [1.29, 1.82) is 0 Å². The quantitative estimate of drug-likeness (QED) is 0.713. The summed E-state index contributed by atoms with van der Waals surface area (Å²) in [6.07, 6.45) is 2.37. The number of aliphatic imine (C=N–C) groups is 1. The number of hydrogen-bond donors (Lipinski definition) is 2. The Morgan fingerprint density at radius 2 is 2.36 bits per heavy atom. The van der Waals surface area contributed by atoms with Crippen LogP contribution in [-0.4, -0.2) is 27.4 Å². The van der Waals surface area contributed by atoms with Crippen LogP contribution in [0.5, 0.6) is 0 Å². The second-order valence-electron chi connectivity index (χ2n) is 3.13. The van der Waals surface area contributed by atoms with Crippen molar-refractivity contribution >= 4 is 18.0 Å². The van der Waals surface area contributed by atoms with Gasteiger partial charge in [-0.3, -0.25) is 4.79 Å². The molecule has 1 aromatic heterocycles. The summed E-state index contributed by atoms with van der Waals surface area (Å²) in [7, 11) is 0. The van der Waals surface area contributed by atoms with Crippen LogP contribution in [0.25, 0.3) is 0 Å². The van der Waals surface area contributed by atoms with E-state index < -0.39 is 18.0 Å². The molecule has 1 unspecified atom stereocenters. The third-order valence-corrected chi connectivity index (χ3v) is 2.07. The molecule has 2 N–H and O–H groups in total. The average molecular weight is 192 g/mol. The molecule has 1 aliphatic rings. The van der Waals surface area contributed by atoms with Crippen LogP contribution in [0.15, 0.2) is 23.3 Å². The third kappa shape index (κ3) is 1.27. The van der Waals surface area contributed by atoms with Crippen LogP contribution in [0, 0.1) is 0 Å². The van der Waals surface area contributed by atoms with Crippen molar-refractivity contribution in [3.05, 3.63) is 23.9 Å². The maximum Gasteiger partial charge on any atom is 0.307 e. The molecular formula is C9H8N2O3. The standard InChI is InChI=1S/C9H8N2O3/c12-7(13)4-9(14)5-11-8-6(9)2-1-3-10-8/h1-3,5,14H,4H2,(H,12,13). The highest BCUT2D eigenvalue weighted by Gasteiger charge is 2.36. The lowest BCUT2D eigenvalue weighted by Gasteiger charge is -2.17. The number of aliphatic carboxylic acids is 1. The smallest absolute Gasteiger partial charge is 0.307 e. The molecule has 1 atom stereocenters. The van der Waals surface area contributed by atoms with Gasteiger partial charge < -0.3 is 10.2 Å². The summed E-state index contributed by atoms with van der Waals surface area (Å²) in [5.74, 6) is -0.688. The summed E-state index contributed by atoms with van der Waals surface area (Å²) < 4.78 is 0. The van der Waals surface area contributed by atoms with Gasteiger partial charge in [0.1, 0.15) is 5.60 Å². The first-order chi connectivity index (χ1) is 6.62. The summed E-state index contributed by atoms with van der Waals surface area (Å²) in [6.45, 7) is 0. The van der Waals surface area contributed by atoms with E-state index in [4.69, 9.17) is 5.11 Å². The minimum atomic E-state index is -1.50. The van der Waals surface area contributed by atoms with Crippen molar-refractivity contribution in [1.82, 2.24) is 4.98 Å². The lowest BCUT2D eigenvalue weighted by Crippen LogP contribution is -2.28. The number of carbonyl (C=O) groups is 1. The first-order valence-electron chi connectivity index (χ1n) is 4.07. The van der Waals surface area contributed by atoms with E-state index in [0.717, 1.165) is 0 Å². The minimum Gasteiger partial charge on any atom is -0.481 e. The number of aromatic nitrogens is 1. The molecule has 0 saturated carbocycles. The fourth-order valence-electron chi connectivity index (χ4n) is 1.45. The maximum atomic E-state index is 10.5. The number of rotatable bonds is 2. The summed E-state index contributed by atoms with van der Waals surface area (Å²) in [5, 5.41) is 18.6. The predicted octanol–water partition coefficient (Wildman–Crippen LogP) is 0.460. The van der Waals surface area contributed by atoms with Crippen LogP contribution < -0.4 is 0 Å². The highest BCUT2D eigenvalue weighted by Crippen LogP contribution is 2.35. The van der Waals surface area contributed by atoms with Crippen molar-refractivity contribution < 1.29 is 15.0 Å². The van der Waals surface area contributed by atoms with Crippen LogP contribution in [0.3, 0.4) is 0 Å². The Morgan fingerprint density at radius 3 is 3.07 bits per heavy atom. The Bertz CT molecular complexity index is 416. The second-order valence-corrected chi connectivity index (χ2v) is 3.13. The van der Waals surface area contributed by atoms with Crippen LogP contribution in [0.1, 0.15) is 12.0 Å². The SMILES string of the molecule is O=C(O)CC1(O)C=Nc2ncccc21. The molecule has 0 fully saturated rings. The monoisotopic (exact) mass is 192 g/mol. The van der Waals surface area contributed by atoms with Gasteiger partial charge in [-0.1, -0.05) is 6.07 Å². The maximum absolute atomic E-state index is 10.5. The fourth-order valence-corrected chi connectivity index (χ4v) is 1.45. The van der Waals surface area contributed by atoms with Crippen LogP contribution in [0.4, 0.5) is 5.82 Å². The molecule has 0 amide bonds. The summed E-state index contributed by atoms with van der Waals surface area (Å²) in [6, 6.07) is 3.26. The first kappa shape index (κ1) is 8.83. The lowest BCUT2D eigenvalue weighted by atomic mass is 9.94. The van der Waals surface area contributed by atoms with Crippen molar-refractivity contribution in [3.8, 4) is 0 Å². The summed E-state index contributed by atoms with van der Waals surface area (Å²) in [5.41, 5.74) is -1.06. The van der Waals surface area contributed by atoms with E-state index in [-0.39, 0.29) is 0 Å². The molecule has 0 radical (unpaired) electrons. The fraction of sp³-hybridized carbons (Fsp3) is 0.222. The van der Waals surface area contributed by atoms with Gasteiger partial charge in [0, 0.05) is 18.0 Å². The Kier molecular flexibility index (Phi) is 1.82. The Hall–Kier alpha value is -1.75. The number of aliphatic hydroxyl groups is 1. The first-order valence-corrected chi connectivity index (χ1v) is 4.07. The molecule has 14 heavy (non-hydrogen) atoms. The molecule has 0 spiro atoms. The van der Waals surface area contributed by atoms with Crippen LogP contribution >= 0.6 is 0 Å². The van der Waals surface area contributed by atoms with Gasteiger partial charge in [0.05, 0.1) is 6.42 Å². The number of pyridine rings is 1. The second kappa shape index (κ2) is 2.88. The van der Waals surface area contributed by atoms with E-state index in [1.807, 2.05) is 0 Å². The average Bonchev–Trinajstić information content (AvgIpc) is 2.44. The van der Waals surface area contributed by atoms with E-state index >= 15 is 0 Å². The number of fused-ring (bicyclic) bond motifs is 1. The van der Waals surface area contributed by atoms with Crippen molar-refractivity contribution in [3.63, 3.8) is 0 Å². The number of hydrogen-bond acceptors (Lipinski definition) is 4. The van der Waals surface area contributed by atoms with Crippen molar-refractivity contribution in [2.24, 2.45) is 4.99 Å². The van der Waals surface area contributed by atoms with Crippen LogP contribution in [-0.2, 0) is 10.4 Å². The Morgan fingerprint density at radius 1 is 1.57 bits per heavy atom. The van der Waals surface area contributed by atoms with Gasteiger partial charge in [0.25, 0.3) is 0 Å². The van der Waals surface area contributed by atoms with Gasteiger partial charge in [0.15, 0.2) is 5.82 Å². The van der Waals surface area contributed by atoms with Gasteiger partial charge in [-0.25, -0.2) is 9.98 Å². The van der Waals surface area contributed by atoms with Gasteiger partial charge in [-0.2, -0.15) is 0 Å². The van der Waals surface area contributed by atoms with E-state index in [0.29, 0.717) is 11.4 Å². The molecule has 0 bridgehead atoms. The number of nitrogens with zero attached hydrogens (tertiary/aromatic N) is 2. The Balaban J connectivity index is 2.42. The zero-order valence-electron chi connectivity index (χ0n) is 7.21. The normalized spacial score (nSPS) is 23.5. The minimum absolute atomic E-state index is 0.385. The molecule has 5 nitrogen and oxygen atoms in total. The van der Waals surface area contributed by atoms with Gasteiger partial charge in [-0.05, 0) is 6.07 Å². The molecule has 2 rings (SSSR count). The van der Waals surface area contributed by atoms with Crippen molar-refractivity contribution in [2.45, 2.75) is 12.0 Å². The van der Waals surface area contributed by atoms with E-state index in [2.05, 4.69) is 9.98 Å². The molecular weight excluding hydrogens is 184 g/mol. The van der Waals surface area contributed by atoms with E-state index in [1.165, 1.54) is 6.21 Å². The highest BCUT2D eigenvalue weighted by molar-refractivity contribution is 5.86. The highest BCUT2D eigenvalue weighted by atomic mass is 16.4. The number of carboxylic acid groups (broad SMARTS) is 1. The molecule has 5 heteroatoms. The zero-order valence-corrected chi connectivity index (χ0v) is 7.21. The molecule has 1 aromatic rings. The molecule has 0 saturated heterocycles. The Labute approximate surface area is 79.8 Å². The lowest BCUT2D eigenvalue weighted by molar-refractivity contribution is -0.140. The van der Waals surface area contributed by atoms with Gasteiger partial charge in [0.2, 0.25) is 0 Å². The van der Waals surface area contributed by atoms with E-state index in [1.54, 1.807) is 18.3 Å².